The first-order valence-corrected chi connectivity index (χ1v) is 9.63. The molecule has 0 aliphatic carbocycles. The van der Waals surface area contributed by atoms with Gasteiger partial charge >= 0.3 is 0 Å². The maximum absolute atomic E-state index is 14.0. The van der Waals surface area contributed by atoms with Crippen molar-refractivity contribution >= 4 is 15.9 Å². The molecule has 3 aromatic carbocycles. The molecule has 4 rings (SSSR count). The van der Waals surface area contributed by atoms with Gasteiger partial charge in [-0.25, -0.2) is 13.8 Å². The second kappa shape index (κ2) is 8.03. The Morgan fingerprint density at radius 2 is 1.43 bits per heavy atom. The Morgan fingerprint density at radius 1 is 0.750 bits per heavy atom. The second-order valence-corrected chi connectivity index (χ2v) is 7.34. The molecule has 1 heterocycles. The van der Waals surface area contributed by atoms with E-state index in [4.69, 9.17) is 0 Å². The van der Waals surface area contributed by atoms with Gasteiger partial charge in [-0.05, 0) is 86.1 Å². The highest BCUT2D eigenvalue weighted by Gasteiger charge is 2.14. The average Bonchev–Trinajstić information content (AvgIpc) is 2.69. The first kappa shape index (κ1) is 18.5. The van der Waals surface area contributed by atoms with Crippen LogP contribution in [0, 0.1) is 11.6 Å². The minimum atomic E-state index is -0.303. The van der Waals surface area contributed by atoms with Crippen molar-refractivity contribution in [2.24, 2.45) is 0 Å². The summed E-state index contributed by atoms with van der Waals surface area (Å²) in [7, 11) is 0. The van der Waals surface area contributed by atoms with Crippen molar-refractivity contribution in [2.45, 2.75) is 6.42 Å². The van der Waals surface area contributed by atoms with Crippen LogP contribution in [0.1, 0.15) is 11.1 Å². The lowest BCUT2D eigenvalue weighted by atomic mass is 9.88. The fraction of sp³-hybridized carbons (Fsp3) is 0.0417. The van der Waals surface area contributed by atoms with Gasteiger partial charge in [-0.15, -0.1) is 0 Å². The lowest BCUT2D eigenvalue weighted by Crippen LogP contribution is -1.97. The van der Waals surface area contributed by atoms with Crippen LogP contribution in [0.25, 0.3) is 22.3 Å². The van der Waals surface area contributed by atoms with E-state index in [2.05, 4.69) is 20.9 Å². The zero-order chi connectivity index (χ0) is 19.5. The Kier molecular flexibility index (Phi) is 5.31. The predicted molar refractivity (Wildman–Crippen MR) is 112 cm³/mol. The number of aromatic nitrogens is 1. The highest BCUT2D eigenvalue weighted by Crippen LogP contribution is 2.36. The number of hydrogen-bond acceptors (Lipinski definition) is 1. The summed E-state index contributed by atoms with van der Waals surface area (Å²) in [5, 5.41) is 0. The zero-order valence-electron chi connectivity index (χ0n) is 14.9. The molecule has 0 aliphatic heterocycles. The normalized spacial score (nSPS) is 10.8. The first-order chi connectivity index (χ1) is 13.6. The van der Waals surface area contributed by atoms with E-state index in [1.807, 2.05) is 48.7 Å². The predicted octanol–water partition coefficient (Wildman–Crippen LogP) is 7.05. The van der Waals surface area contributed by atoms with E-state index in [0.29, 0.717) is 6.42 Å². The summed E-state index contributed by atoms with van der Waals surface area (Å²) in [6, 6.07) is 22.8. The molecule has 0 N–H and O–H groups in total. The third-order valence-corrected chi connectivity index (χ3v) is 5.05. The van der Waals surface area contributed by atoms with Crippen molar-refractivity contribution in [1.29, 1.82) is 0 Å². The van der Waals surface area contributed by atoms with Gasteiger partial charge in [0.25, 0.3) is 0 Å². The molecule has 1 nitrogen and oxygen atoms in total. The monoisotopic (exact) mass is 435 g/mol. The minimum Gasteiger partial charge on any atom is -0.249 e. The van der Waals surface area contributed by atoms with Crippen molar-refractivity contribution in [3.8, 4) is 22.3 Å². The molecule has 0 atom stereocenters. The lowest BCUT2D eigenvalue weighted by molar-refractivity contribution is 0.627. The van der Waals surface area contributed by atoms with E-state index in [9.17, 15) is 8.78 Å². The maximum atomic E-state index is 14.0. The molecule has 0 aliphatic rings. The Bertz CT molecular complexity index is 1120. The average molecular weight is 436 g/mol. The summed E-state index contributed by atoms with van der Waals surface area (Å²) in [6.45, 7) is 0. The Labute approximate surface area is 170 Å². The molecule has 0 amide bonds. The number of benzene rings is 3. The standard InChI is InChI=1S/C24H16BrF2N/c25-23-11-10-16(15-28-23)12-18-6-3-9-22(17-4-1-7-20(26)13-17)24(18)19-5-2-8-21(27)14-19/h1-11,13-15H,12H2. The number of rotatable bonds is 4. The van der Waals surface area contributed by atoms with Gasteiger partial charge in [-0.1, -0.05) is 48.5 Å². The fourth-order valence-corrected chi connectivity index (χ4v) is 3.59. The zero-order valence-corrected chi connectivity index (χ0v) is 16.5. The van der Waals surface area contributed by atoms with Crippen molar-refractivity contribution in [3.05, 3.63) is 112 Å². The van der Waals surface area contributed by atoms with Crippen LogP contribution in [0.5, 0.6) is 0 Å². The van der Waals surface area contributed by atoms with E-state index >= 15 is 0 Å². The molecule has 0 radical (unpaired) electrons. The van der Waals surface area contributed by atoms with Crippen LogP contribution < -0.4 is 0 Å². The largest absolute Gasteiger partial charge is 0.249 e. The smallest absolute Gasteiger partial charge is 0.123 e. The molecule has 0 bridgehead atoms. The molecule has 28 heavy (non-hydrogen) atoms. The highest BCUT2D eigenvalue weighted by atomic mass is 79.9. The number of hydrogen-bond donors (Lipinski definition) is 0. The Balaban J connectivity index is 1.90. The van der Waals surface area contributed by atoms with E-state index in [0.717, 1.165) is 38.0 Å². The quantitative estimate of drug-likeness (QED) is 0.313. The summed E-state index contributed by atoms with van der Waals surface area (Å²) >= 11 is 3.35. The fourth-order valence-electron chi connectivity index (χ4n) is 3.36. The third-order valence-electron chi connectivity index (χ3n) is 4.58. The van der Waals surface area contributed by atoms with Gasteiger partial charge in [0.15, 0.2) is 0 Å². The SMILES string of the molecule is Fc1cccc(-c2cccc(Cc3ccc(Br)nc3)c2-c2cccc(F)c2)c1. The molecule has 4 aromatic rings. The topological polar surface area (TPSA) is 12.9 Å². The van der Waals surface area contributed by atoms with E-state index in [1.165, 1.54) is 24.3 Å². The summed E-state index contributed by atoms with van der Waals surface area (Å²) in [5.74, 6) is -0.604. The molecular formula is C24H16BrF2N. The minimum absolute atomic E-state index is 0.301. The van der Waals surface area contributed by atoms with Crippen LogP contribution >= 0.6 is 15.9 Å². The lowest BCUT2D eigenvalue weighted by Gasteiger charge is -2.16. The first-order valence-electron chi connectivity index (χ1n) is 8.84. The van der Waals surface area contributed by atoms with Crippen LogP contribution in [0.4, 0.5) is 8.78 Å². The van der Waals surface area contributed by atoms with Crippen LogP contribution in [-0.4, -0.2) is 4.98 Å². The molecule has 0 saturated heterocycles. The highest BCUT2D eigenvalue weighted by molar-refractivity contribution is 9.10. The molecule has 138 valence electrons. The van der Waals surface area contributed by atoms with E-state index in [1.54, 1.807) is 12.1 Å². The molecule has 0 unspecified atom stereocenters. The number of halogens is 3. The molecule has 1 aromatic heterocycles. The summed E-state index contributed by atoms with van der Waals surface area (Å²) in [4.78, 5) is 4.29. The summed E-state index contributed by atoms with van der Waals surface area (Å²) in [6.07, 6.45) is 2.45. The molecule has 0 saturated carbocycles. The molecule has 0 spiro atoms. The Hall–Kier alpha value is -2.85. The molecular weight excluding hydrogens is 420 g/mol. The summed E-state index contributed by atoms with van der Waals surface area (Å²) in [5.41, 5.74) is 5.35. The van der Waals surface area contributed by atoms with Crippen LogP contribution in [0.15, 0.2) is 89.7 Å². The van der Waals surface area contributed by atoms with Gasteiger partial charge in [0.05, 0.1) is 0 Å². The Morgan fingerprint density at radius 3 is 2.11 bits per heavy atom. The number of nitrogens with zero attached hydrogens (tertiary/aromatic N) is 1. The molecule has 0 fully saturated rings. The van der Waals surface area contributed by atoms with Gasteiger partial charge in [0.1, 0.15) is 16.2 Å². The van der Waals surface area contributed by atoms with E-state index in [-0.39, 0.29) is 11.6 Å². The van der Waals surface area contributed by atoms with Crippen LogP contribution in [0.2, 0.25) is 0 Å². The van der Waals surface area contributed by atoms with Gasteiger partial charge < -0.3 is 0 Å². The third kappa shape index (κ3) is 4.02. The summed E-state index contributed by atoms with van der Waals surface area (Å²) < 4.78 is 28.6. The van der Waals surface area contributed by atoms with Gasteiger partial charge in [-0.3, -0.25) is 0 Å². The maximum Gasteiger partial charge on any atom is 0.123 e. The van der Waals surface area contributed by atoms with Crippen LogP contribution in [-0.2, 0) is 6.42 Å². The van der Waals surface area contributed by atoms with Crippen molar-refractivity contribution < 1.29 is 8.78 Å². The van der Waals surface area contributed by atoms with Crippen LogP contribution in [0.3, 0.4) is 0 Å². The second-order valence-electron chi connectivity index (χ2n) is 6.53. The van der Waals surface area contributed by atoms with Crippen molar-refractivity contribution in [3.63, 3.8) is 0 Å². The van der Waals surface area contributed by atoms with Crippen molar-refractivity contribution in [1.82, 2.24) is 4.98 Å². The van der Waals surface area contributed by atoms with E-state index < -0.39 is 0 Å². The molecule has 4 heteroatoms. The van der Waals surface area contributed by atoms with Gasteiger partial charge in [0, 0.05) is 6.20 Å². The number of pyridine rings is 1. The van der Waals surface area contributed by atoms with Gasteiger partial charge in [-0.2, -0.15) is 0 Å². The van der Waals surface area contributed by atoms with Gasteiger partial charge in [0.2, 0.25) is 0 Å². The van der Waals surface area contributed by atoms with Crippen molar-refractivity contribution in [2.75, 3.05) is 0 Å².